The zero-order valence-corrected chi connectivity index (χ0v) is 18.3. The number of halogens is 6. The van der Waals surface area contributed by atoms with Gasteiger partial charge in [0, 0.05) is 5.56 Å². The number of alkyl halides is 6. The zero-order chi connectivity index (χ0) is 25.1. The summed E-state index contributed by atoms with van der Waals surface area (Å²) in [5.74, 6) is 0.0572. The highest BCUT2D eigenvalue weighted by Crippen LogP contribution is 2.39. The lowest BCUT2D eigenvalue weighted by Crippen LogP contribution is -2.13. The first kappa shape index (κ1) is 24.8. The van der Waals surface area contributed by atoms with Crippen LogP contribution in [0.5, 0.6) is 5.75 Å². The van der Waals surface area contributed by atoms with E-state index in [1.54, 1.807) is 12.2 Å². The molecule has 5 nitrogen and oxygen atoms in total. The van der Waals surface area contributed by atoms with Crippen LogP contribution < -0.4 is 10.1 Å². The molecule has 0 saturated carbocycles. The smallest absolute Gasteiger partial charge is 0.419 e. The van der Waals surface area contributed by atoms with Crippen molar-refractivity contribution in [1.82, 2.24) is 15.5 Å². The molecule has 1 atom stereocenters. The molecule has 186 valence electrons. The van der Waals surface area contributed by atoms with E-state index in [1.807, 2.05) is 0 Å². The predicted molar refractivity (Wildman–Crippen MR) is 115 cm³/mol. The van der Waals surface area contributed by atoms with Crippen LogP contribution in [-0.2, 0) is 12.4 Å². The van der Waals surface area contributed by atoms with Gasteiger partial charge in [-0.05, 0) is 61.7 Å². The average Bonchev–Trinajstić information content (AvgIpc) is 3.50. The van der Waals surface area contributed by atoms with Gasteiger partial charge in [-0.3, -0.25) is 0 Å². The van der Waals surface area contributed by atoms with Gasteiger partial charge in [0.2, 0.25) is 11.7 Å². The van der Waals surface area contributed by atoms with Crippen molar-refractivity contribution in [3.63, 3.8) is 0 Å². The van der Waals surface area contributed by atoms with Crippen molar-refractivity contribution in [1.29, 1.82) is 0 Å². The lowest BCUT2D eigenvalue weighted by atomic mass is 10.1. The third-order valence-electron chi connectivity index (χ3n) is 5.43. The minimum atomic E-state index is -4.67. The second kappa shape index (κ2) is 10.1. The number of rotatable bonds is 7. The second-order valence-corrected chi connectivity index (χ2v) is 7.97. The molecule has 0 radical (unpaired) electrons. The Hall–Kier alpha value is -3.34. The summed E-state index contributed by atoms with van der Waals surface area (Å²) in [4.78, 5) is 4.23. The Morgan fingerprint density at radius 1 is 1.03 bits per heavy atom. The molecule has 2 heterocycles. The minimum absolute atomic E-state index is 0.0563. The van der Waals surface area contributed by atoms with Crippen molar-refractivity contribution in [2.75, 3.05) is 13.2 Å². The Morgan fingerprint density at radius 2 is 1.80 bits per heavy atom. The Labute approximate surface area is 196 Å². The van der Waals surface area contributed by atoms with E-state index in [-0.39, 0.29) is 36.2 Å². The third kappa shape index (κ3) is 6.21. The Morgan fingerprint density at radius 3 is 2.46 bits per heavy atom. The molecule has 1 fully saturated rings. The van der Waals surface area contributed by atoms with E-state index >= 15 is 0 Å². The number of nitrogens with one attached hydrogen (secondary N) is 1. The van der Waals surface area contributed by atoms with Gasteiger partial charge >= 0.3 is 12.4 Å². The van der Waals surface area contributed by atoms with E-state index < -0.39 is 23.5 Å². The first-order valence-corrected chi connectivity index (χ1v) is 10.9. The summed E-state index contributed by atoms with van der Waals surface area (Å²) in [6, 6.07) is 8.01. The summed E-state index contributed by atoms with van der Waals surface area (Å²) in [5.41, 5.74) is -1.04. The number of nitrogens with zero attached hydrogens (tertiary/aromatic N) is 2. The van der Waals surface area contributed by atoms with Crippen molar-refractivity contribution in [2.45, 2.75) is 37.7 Å². The van der Waals surface area contributed by atoms with Crippen LogP contribution in [-0.4, -0.2) is 23.3 Å². The van der Waals surface area contributed by atoms with Crippen molar-refractivity contribution < 1.29 is 35.6 Å². The van der Waals surface area contributed by atoms with Crippen LogP contribution in [0.15, 0.2) is 53.1 Å². The predicted octanol–water partition coefficient (Wildman–Crippen LogP) is 6.68. The molecule has 35 heavy (non-hydrogen) atoms. The van der Waals surface area contributed by atoms with Gasteiger partial charge in [-0.25, -0.2) is 0 Å². The summed E-state index contributed by atoms with van der Waals surface area (Å²) in [6.07, 6.45) is -3.88. The van der Waals surface area contributed by atoms with Crippen LogP contribution in [0.3, 0.4) is 0 Å². The van der Waals surface area contributed by atoms with Crippen LogP contribution in [0.1, 0.15) is 47.9 Å². The highest BCUT2D eigenvalue weighted by Gasteiger charge is 2.35. The van der Waals surface area contributed by atoms with E-state index in [1.165, 1.54) is 24.3 Å². The fraction of sp³-hybridized carbons (Fsp3) is 0.333. The normalized spacial score (nSPS) is 16.8. The minimum Gasteiger partial charge on any atom is -0.493 e. The molecule has 1 unspecified atom stereocenters. The molecule has 1 N–H and O–H groups in total. The van der Waals surface area contributed by atoms with Gasteiger partial charge in [-0.1, -0.05) is 29.4 Å². The summed E-state index contributed by atoms with van der Waals surface area (Å²) in [7, 11) is 0. The first-order chi connectivity index (χ1) is 16.6. The molecule has 1 aromatic heterocycles. The largest absolute Gasteiger partial charge is 0.493 e. The lowest BCUT2D eigenvalue weighted by molar-refractivity contribution is -0.139. The van der Waals surface area contributed by atoms with E-state index in [4.69, 9.17) is 9.26 Å². The molecule has 1 saturated heterocycles. The van der Waals surface area contributed by atoms with Gasteiger partial charge < -0.3 is 14.6 Å². The lowest BCUT2D eigenvalue weighted by Gasteiger charge is -2.14. The van der Waals surface area contributed by atoms with Gasteiger partial charge in [-0.15, -0.1) is 0 Å². The molecule has 0 spiro atoms. The topological polar surface area (TPSA) is 60.2 Å². The van der Waals surface area contributed by atoms with E-state index in [9.17, 15) is 26.3 Å². The van der Waals surface area contributed by atoms with E-state index in [0.29, 0.717) is 11.5 Å². The molecule has 11 heteroatoms. The van der Waals surface area contributed by atoms with Gasteiger partial charge in [0.05, 0.1) is 23.8 Å². The molecular formula is C24H21F6N3O2. The second-order valence-electron chi connectivity index (χ2n) is 7.97. The number of aromatic nitrogens is 2. The fourth-order valence-electron chi connectivity index (χ4n) is 3.65. The molecule has 0 bridgehead atoms. The Balaban J connectivity index is 1.40. The summed E-state index contributed by atoms with van der Waals surface area (Å²) in [6.45, 7) is 0.755. The zero-order valence-electron chi connectivity index (χ0n) is 18.3. The third-order valence-corrected chi connectivity index (χ3v) is 5.43. The van der Waals surface area contributed by atoms with Crippen LogP contribution >= 0.6 is 0 Å². The van der Waals surface area contributed by atoms with Gasteiger partial charge in [0.25, 0.3) is 0 Å². The van der Waals surface area contributed by atoms with Crippen molar-refractivity contribution >= 4 is 6.08 Å². The van der Waals surface area contributed by atoms with Crippen LogP contribution in [0, 0.1) is 0 Å². The highest BCUT2D eigenvalue weighted by atomic mass is 19.4. The number of hydrogen-bond donors (Lipinski definition) is 1. The van der Waals surface area contributed by atoms with Crippen molar-refractivity contribution in [3.05, 3.63) is 71.1 Å². The Bertz CT molecular complexity index is 1160. The summed E-state index contributed by atoms with van der Waals surface area (Å²) < 4.78 is 89.4. The maximum Gasteiger partial charge on any atom is 0.419 e. The van der Waals surface area contributed by atoms with Gasteiger partial charge in [-0.2, -0.15) is 31.3 Å². The summed E-state index contributed by atoms with van der Waals surface area (Å²) in [5, 5.41) is 7.00. The van der Waals surface area contributed by atoms with E-state index in [2.05, 4.69) is 15.5 Å². The molecule has 3 aromatic rings. The molecule has 4 rings (SSSR count). The van der Waals surface area contributed by atoms with E-state index in [0.717, 1.165) is 37.6 Å². The maximum atomic E-state index is 13.7. The molecule has 0 aliphatic carbocycles. The molecule has 1 aliphatic rings. The van der Waals surface area contributed by atoms with Crippen molar-refractivity contribution in [2.24, 2.45) is 0 Å². The monoisotopic (exact) mass is 497 g/mol. The average molecular weight is 497 g/mol. The highest BCUT2D eigenvalue weighted by molar-refractivity contribution is 5.59. The molecule has 1 aliphatic heterocycles. The number of hydrogen-bond acceptors (Lipinski definition) is 5. The SMILES string of the molecule is FC(F)(F)c1ccc(/C=C/CCOc2ccc(-c3noc(C4CCCN4)n3)cc2C(F)(F)F)cc1. The van der Waals surface area contributed by atoms with Gasteiger partial charge in [0.1, 0.15) is 5.75 Å². The Kier molecular flexibility index (Phi) is 7.15. The van der Waals surface area contributed by atoms with Crippen LogP contribution in [0.4, 0.5) is 26.3 Å². The molecular weight excluding hydrogens is 476 g/mol. The fourth-order valence-corrected chi connectivity index (χ4v) is 3.65. The van der Waals surface area contributed by atoms with Crippen molar-refractivity contribution in [3.8, 4) is 17.1 Å². The number of ether oxygens (including phenoxy) is 1. The maximum absolute atomic E-state index is 13.7. The standard InChI is InChI=1S/C24H21F6N3O2/c25-23(26,27)17-9-6-15(7-10-17)4-1-2-13-34-20-11-8-16(14-18(20)24(28,29)30)21-32-22(35-33-21)19-5-3-12-31-19/h1,4,6-11,14,19,31H,2-3,5,12-13H2/b4-1+. The van der Waals surface area contributed by atoms with Crippen LogP contribution in [0.2, 0.25) is 0 Å². The van der Waals surface area contributed by atoms with Crippen LogP contribution in [0.25, 0.3) is 17.5 Å². The quantitative estimate of drug-likeness (QED) is 0.292. The first-order valence-electron chi connectivity index (χ1n) is 10.9. The number of benzene rings is 2. The molecule has 0 amide bonds. The van der Waals surface area contributed by atoms with Gasteiger partial charge in [0.15, 0.2) is 0 Å². The summed E-state index contributed by atoms with van der Waals surface area (Å²) >= 11 is 0. The molecule has 2 aromatic carbocycles.